The third kappa shape index (κ3) is 4.04. The lowest BCUT2D eigenvalue weighted by molar-refractivity contribution is 0.0950. The summed E-state index contributed by atoms with van der Waals surface area (Å²) in [5, 5.41) is 3.89. The highest BCUT2D eigenvalue weighted by Gasteiger charge is 2.04. The number of rotatable bonds is 5. The molecule has 0 aliphatic rings. The highest BCUT2D eigenvalue weighted by Crippen LogP contribution is 2.21. The van der Waals surface area contributed by atoms with Crippen molar-refractivity contribution in [2.75, 3.05) is 14.2 Å². The van der Waals surface area contributed by atoms with E-state index in [4.69, 9.17) is 9.47 Å². The zero-order valence-electron chi connectivity index (χ0n) is 11.7. The van der Waals surface area contributed by atoms with Crippen molar-refractivity contribution in [1.82, 2.24) is 10.4 Å². The zero-order chi connectivity index (χ0) is 15.1. The number of amides is 1. The molecule has 0 atom stereocenters. The summed E-state index contributed by atoms with van der Waals surface area (Å²) < 4.78 is 10.3. The Kier molecular flexibility index (Phi) is 4.87. The van der Waals surface area contributed by atoms with Gasteiger partial charge in [0, 0.05) is 17.8 Å². The number of hydrogen-bond donors (Lipinski definition) is 1. The standard InChI is InChI=1S/C15H15N3O3/c1-20-12-7-11(8-13(9-12)21-2)10-17-18-15(19)14-5-3-4-6-16-14/h3-10H,1-2H3,(H,18,19)/b17-10-. The summed E-state index contributed by atoms with van der Waals surface area (Å²) in [5.41, 5.74) is 3.46. The third-order valence-electron chi connectivity index (χ3n) is 2.65. The first-order valence-electron chi connectivity index (χ1n) is 6.20. The minimum atomic E-state index is -0.373. The van der Waals surface area contributed by atoms with Gasteiger partial charge in [-0.3, -0.25) is 9.78 Å². The van der Waals surface area contributed by atoms with Gasteiger partial charge in [0.05, 0.1) is 20.4 Å². The summed E-state index contributed by atoms with van der Waals surface area (Å²) in [6.07, 6.45) is 3.05. The van der Waals surface area contributed by atoms with Gasteiger partial charge >= 0.3 is 0 Å². The molecule has 0 saturated heterocycles. The van der Waals surface area contributed by atoms with Crippen LogP contribution in [0, 0.1) is 0 Å². The van der Waals surface area contributed by atoms with Crippen LogP contribution < -0.4 is 14.9 Å². The van der Waals surface area contributed by atoms with Gasteiger partial charge in [-0.15, -0.1) is 0 Å². The maximum atomic E-state index is 11.7. The molecule has 0 fully saturated rings. The molecule has 2 aromatic rings. The number of hydrazone groups is 1. The van der Waals surface area contributed by atoms with Gasteiger partial charge in [0.1, 0.15) is 17.2 Å². The molecule has 1 N–H and O–H groups in total. The van der Waals surface area contributed by atoms with Crippen LogP contribution in [0.2, 0.25) is 0 Å². The van der Waals surface area contributed by atoms with E-state index in [1.54, 1.807) is 56.8 Å². The lowest BCUT2D eigenvalue weighted by Crippen LogP contribution is -2.18. The Balaban J connectivity index is 2.06. The average molecular weight is 285 g/mol. The van der Waals surface area contributed by atoms with E-state index < -0.39 is 0 Å². The predicted molar refractivity (Wildman–Crippen MR) is 78.8 cm³/mol. The Morgan fingerprint density at radius 2 is 1.90 bits per heavy atom. The van der Waals surface area contributed by atoms with Gasteiger partial charge in [-0.05, 0) is 24.3 Å². The Hall–Kier alpha value is -2.89. The molecule has 0 unspecified atom stereocenters. The van der Waals surface area contributed by atoms with E-state index in [1.807, 2.05) is 0 Å². The minimum Gasteiger partial charge on any atom is -0.497 e. The zero-order valence-corrected chi connectivity index (χ0v) is 11.7. The number of nitrogens with one attached hydrogen (secondary N) is 1. The van der Waals surface area contributed by atoms with Crippen LogP contribution in [0.1, 0.15) is 16.1 Å². The molecule has 1 amide bonds. The third-order valence-corrected chi connectivity index (χ3v) is 2.65. The average Bonchev–Trinajstić information content (AvgIpc) is 2.55. The van der Waals surface area contributed by atoms with Crippen molar-refractivity contribution in [3.05, 3.63) is 53.9 Å². The molecule has 21 heavy (non-hydrogen) atoms. The van der Waals surface area contributed by atoms with E-state index in [2.05, 4.69) is 15.5 Å². The van der Waals surface area contributed by atoms with Crippen molar-refractivity contribution >= 4 is 12.1 Å². The Labute approximate surface area is 122 Å². The first-order chi connectivity index (χ1) is 10.2. The van der Waals surface area contributed by atoms with Gasteiger partial charge in [0.15, 0.2) is 0 Å². The number of methoxy groups -OCH3 is 2. The molecule has 0 bridgehead atoms. The summed E-state index contributed by atoms with van der Waals surface area (Å²) in [7, 11) is 3.14. The van der Waals surface area contributed by atoms with Crippen molar-refractivity contribution in [2.45, 2.75) is 0 Å². The SMILES string of the molecule is COc1cc(/C=N\NC(=O)c2ccccn2)cc(OC)c1. The number of benzene rings is 1. The fraction of sp³-hybridized carbons (Fsp3) is 0.133. The van der Waals surface area contributed by atoms with Gasteiger partial charge < -0.3 is 9.47 Å². The molecule has 108 valence electrons. The fourth-order valence-corrected chi connectivity index (χ4v) is 1.62. The Morgan fingerprint density at radius 1 is 1.19 bits per heavy atom. The van der Waals surface area contributed by atoms with Gasteiger partial charge in [0.25, 0.3) is 5.91 Å². The van der Waals surface area contributed by atoms with Crippen molar-refractivity contribution in [1.29, 1.82) is 0 Å². The lowest BCUT2D eigenvalue weighted by atomic mass is 10.2. The monoisotopic (exact) mass is 285 g/mol. The first kappa shape index (κ1) is 14.5. The molecule has 0 spiro atoms. The van der Waals surface area contributed by atoms with E-state index in [0.717, 1.165) is 5.56 Å². The quantitative estimate of drug-likeness (QED) is 0.672. The van der Waals surface area contributed by atoms with Crippen LogP contribution in [0.3, 0.4) is 0 Å². The van der Waals surface area contributed by atoms with Crippen LogP contribution in [0.15, 0.2) is 47.7 Å². The second-order valence-corrected chi connectivity index (χ2v) is 4.06. The largest absolute Gasteiger partial charge is 0.497 e. The van der Waals surface area contributed by atoms with Crippen molar-refractivity contribution in [3.8, 4) is 11.5 Å². The first-order valence-corrected chi connectivity index (χ1v) is 6.20. The van der Waals surface area contributed by atoms with Crippen LogP contribution in [0.4, 0.5) is 0 Å². The van der Waals surface area contributed by atoms with Crippen LogP contribution >= 0.6 is 0 Å². The smallest absolute Gasteiger partial charge is 0.289 e. The second-order valence-electron chi connectivity index (χ2n) is 4.06. The molecule has 0 aliphatic carbocycles. The molecule has 6 heteroatoms. The Bertz CT molecular complexity index is 620. The van der Waals surface area contributed by atoms with E-state index >= 15 is 0 Å². The minimum absolute atomic E-state index is 0.304. The van der Waals surface area contributed by atoms with E-state index in [9.17, 15) is 4.79 Å². The summed E-state index contributed by atoms with van der Waals surface area (Å²) >= 11 is 0. The molecule has 0 saturated carbocycles. The highest BCUT2D eigenvalue weighted by molar-refractivity contribution is 5.93. The molecule has 6 nitrogen and oxygen atoms in total. The summed E-state index contributed by atoms with van der Waals surface area (Å²) in [5.74, 6) is 0.917. The van der Waals surface area contributed by atoms with E-state index in [1.165, 1.54) is 6.21 Å². The number of pyridine rings is 1. The van der Waals surface area contributed by atoms with Gasteiger partial charge in [-0.1, -0.05) is 6.07 Å². The number of nitrogens with zero attached hydrogens (tertiary/aromatic N) is 2. The van der Waals surface area contributed by atoms with Gasteiger partial charge in [-0.2, -0.15) is 5.10 Å². The van der Waals surface area contributed by atoms with Gasteiger partial charge in [0.2, 0.25) is 0 Å². The molecule has 0 aliphatic heterocycles. The maximum Gasteiger partial charge on any atom is 0.289 e. The summed E-state index contributed by atoms with van der Waals surface area (Å²) in [6, 6.07) is 10.4. The van der Waals surface area contributed by atoms with Crippen LogP contribution in [0.25, 0.3) is 0 Å². The molecule has 1 aromatic heterocycles. The molecular formula is C15H15N3O3. The maximum absolute atomic E-state index is 11.7. The van der Waals surface area contributed by atoms with Crippen LogP contribution in [0.5, 0.6) is 11.5 Å². The second kappa shape index (κ2) is 7.04. The van der Waals surface area contributed by atoms with Crippen LogP contribution in [-0.4, -0.2) is 31.3 Å². The molecule has 2 rings (SSSR count). The predicted octanol–water partition coefficient (Wildman–Crippen LogP) is 1.86. The molecule has 1 heterocycles. The number of hydrogen-bond acceptors (Lipinski definition) is 5. The Morgan fingerprint density at radius 3 is 2.48 bits per heavy atom. The number of carbonyl (C=O) groups is 1. The summed E-state index contributed by atoms with van der Waals surface area (Å²) in [4.78, 5) is 15.7. The number of ether oxygens (including phenoxy) is 2. The topological polar surface area (TPSA) is 72.8 Å². The number of carbonyl (C=O) groups excluding carboxylic acids is 1. The van der Waals surface area contributed by atoms with Crippen LogP contribution in [-0.2, 0) is 0 Å². The van der Waals surface area contributed by atoms with E-state index in [-0.39, 0.29) is 5.91 Å². The number of aromatic nitrogens is 1. The normalized spacial score (nSPS) is 10.4. The summed E-state index contributed by atoms with van der Waals surface area (Å²) in [6.45, 7) is 0. The van der Waals surface area contributed by atoms with E-state index in [0.29, 0.717) is 17.2 Å². The highest BCUT2D eigenvalue weighted by atomic mass is 16.5. The molecular weight excluding hydrogens is 270 g/mol. The molecule has 0 radical (unpaired) electrons. The van der Waals surface area contributed by atoms with Gasteiger partial charge in [-0.25, -0.2) is 5.43 Å². The van der Waals surface area contributed by atoms with Crippen molar-refractivity contribution in [3.63, 3.8) is 0 Å². The van der Waals surface area contributed by atoms with Crippen molar-refractivity contribution < 1.29 is 14.3 Å². The molecule has 1 aromatic carbocycles. The fourth-order valence-electron chi connectivity index (χ4n) is 1.62. The lowest BCUT2D eigenvalue weighted by Gasteiger charge is -2.05. The van der Waals surface area contributed by atoms with Crippen molar-refractivity contribution in [2.24, 2.45) is 5.10 Å².